The van der Waals surface area contributed by atoms with E-state index in [1.807, 2.05) is 18.2 Å². The Kier molecular flexibility index (Phi) is 3.44. The number of benzene rings is 1. The summed E-state index contributed by atoms with van der Waals surface area (Å²) in [5.74, 6) is -0.162. The van der Waals surface area contributed by atoms with Gasteiger partial charge in [-0.15, -0.1) is 0 Å². The van der Waals surface area contributed by atoms with Crippen molar-refractivity contribution in [3.8, 4) is 0 Å². The van der Waals surface area contributed by atoms with Crippen molar-refractivity contribution in [2.24, 2.45) is 0 Å². The average Bonchev–Trinajstić information content (AvgIpc) is 2.65. The lowest BCUT2D eigenvalue weighted by Crippen LogP contribution is -2.11. The molecule has 0 radical (unpaired) electrons. The van der Waals surface area contributed by atoms with Crippen LogP contribution in [0.15, 0.2) is 36.7 Å². The second kappa shape index (κ2) is 5.01. The molecule has 0 aliphatic carbocycles. The zero-order chi connectivity index (χ0) is 12.3. The van der Waals surface area contributed by atoms with Gasteiger partial charge in [0.05, 0.1) is 0 Å². The minimum atomic E-state index is -0.879. The molecule has 0 spiro atoms. The van der Waals surface area contributed by atoms with Crippen LogP contribution in [0.4, 0.5) is 0 Å². The van der Waals surface area contributed by atoms with E-state index in [2.05, 4.69) is 4.98 Å². The van der Waals surface area contributed by atoms with E-state index in [1.165, 1.54) is 0 Å². The Labute approximate surface area is 103 Å². The van der Waals surface area contributed by atoms with Crippen LogP contribution in [0, 0.1) is 0 Å². The van der Waals surface area contributed by atoms with Crippen LogP contribution in [0.1, 0.15) is 11.4 Å². The molecular weight excluding hydrogens is 240 g/mol. The van der Waals surface area contributed by atoms with Gasteiger partial charge in [-0.1, -0.05) is 23.7 Å². The molecule has 88 valence electrons. The summed E-state index contributed by atoms with van der Waals surface area (Å²) in [6, 6.07) is 7.45. The first kappa shape index (κ1) is 11.7. The highest BCUT2D eigenvalue weighted by molar-refractivity contribution is 6.30. The standard InChI is InChI=1S/C12H11ClN2O2/c13-10-3-1-2-9(6-10)7-11-14-4-5-15(11)8-12(16)17/h1-6H,7-8H2,(H,16,17). The summed E-state index contributed by atoms with van der Waals surface area (Å²) in [6.07, 6.45) is 3.83. The van der Waals surface area contributed by atoms with Crippen LogP contribution in [-0.4, -0.2) is 20.6 Å². The summed E-state index contributed by atoms with van der Waals surface area (Å²) in [7, 11) is 0. The summed E-state index contributed by atoms with van der Waals surface area (Å²) >= 11 is 5.89. The van der Waals surface area contributed by atoms with Crippen LogP contribution < -0.4 is 0 Å². The Morgan fingerprint density at radius 3 is 3.00 bits per heavy atom. The molecule has 17 heavy (non-hydrogen) atoms. The SMILES string of the molecule is O=C(O)Cn1ccnc1Cc1cccc(Cl)c1. The molecule has 0 aliphatic rings. The molecule has 0 unspecified atom stereocenters. The Morgan fingerprint density at radius 2 is 2.29 bits per heavy atom. The van der Waals surface area contributed by atoms with Crippen LogP contribution in [0.2, 0.25) is 5.02 Å². The molecule has 2 rings (SSSR count). The second-order valence-corrected chi connectivity index (χ2v) is 4.11. The van der Waals surface area contributed by atoms with Gasteiger partial charge >= 0.3 is 5.97 Å². The first-order valence-corrected chi connectivity index (χ1v) is 5.49. The normalized spacial score (nSPS) is 10.4. The van der Waals surface area contributed by atoms with Crippen LogP contribution in [0.25, 0.3) is 0 Å². The molecule has 1 N–H and O–H groups in total. The quantitative estimate of drug-likeness (QED) is 0.905. The van der Waals surface area contributed by atoms with Gasteiger partial charge < -0.3 is 9.67 Å². The van der Waals surface area contributed by atoms with Gasteiger partial charge in [-0.2, -0.15) is 0 Å². The van der Waals surface area contributed by atoms with Crippen molar-refractivity contribution in [3.05, 3.63) is 53.1 Å². The number of hydrogen-bond donors (Lipinski definition) is 1. The number of halogens is 1. The molecule has 2 aromatic rings. The number of imidazole rings is 1. The lowest BCUT2D eigenvalue weighted by molar-refractivity contribution is -0.137. The van der Waals surface area contributed by atoms with E-state index in [4.69, 9.17) is 16.7 Å². The highest BCUT2D eigenvalue weighted by Gasteiger charge is 2.07. The monoisotopic (exact) mass is 250 g/mol. The van der Waals surface area contributed by atoms with Crippen molar-refractivity contribution < 1.29 is 9.90 Å². The highest BCUT2D eigenvalue weighted by Crippen LogP contribution is 2.14. The molecule has 5 heteroatoms. The van der Waals surface area contributed by atoms with E-state index in [1.54, 1.807) is 23.0 Å². The Hall–Kier alpha value is -1.81. The number of aliphatic carboxylic acids is 1. The largest absolute Gasteiger partial charge is 0.480 e. The molecule has 0 bridgehead atoms. The molecule has 0 saturated carbocycles. The molecular formula is C12H11ClN2O2. The van der Waals surface area contributed by atoms with E-state index in [0.29, 0.717) is 11.4 Å². The van der Waals surface area contributed by atoms with Gasteiger partial charge in [-0.25, -0.2) is 4.98 Å². The van der Waals surface area contributed by atoms with Crippen LogP contribution in [-0.2, 0) is 17.8 Å². The fourth-order valence-electron chi connectivity index (χ4n) is 1.63. The molecule has 0 saturated heterocycles. The minimum Gasteiger partial charge on any atom is -0.480 e. The van der Waals surface area contributed by atoms with Gasteiger partial charge in [-0.05, 0) is 17.7 Å². The van der Waals surface area contributed by atoms with Crippen molar-refractivity contribution in [3.63, 3.8) is 0 Å². The number of hydrogen-bond acceptors (Lipinski definition) is 2. The number of nitrogens with zero attached hydrogens (tertiary/aromatic N) is 2. The van der Waals surface area contributed by atoms with Gasteiger partial charge in [0.25, 0.3) is 0 Å². The fourth-order valence-corrected chi connectivity index (χ4v) is 1.84. The third kappa shape index (κ3) is 3.07. The number of carboxylic acids is 1. The van der Waals surface area contributed by atoms with Crippen molar-refractivity contribution in [2.45, 2.75) is 13.0 Å². The number of carbonyl (C=O) groups is 1. The van der Waals surface area contributed by atoms with Gasteiger partial charge in [0.2, 0.25) is 0 Å². The maximum Gasteiger partial charge on any atom is 0.323 e. The van der Waals surface area contributed by atoms with E-state index in [9.17, 15) is 4.79 Å². The third-order valence-electron chi connectivity index (χ3n) is 2.36. The van der Waals surface area contributed by atoms with Crippen molar-refractivity contribution in [2.75, 3.05) is 0 Å². The second-order valence-electron chi connectivity index (χ2n) is 3.67. The Balaban J connectivity index is 2.18. The van der Waals surface area contributed by atoms with Crippen LogP contribution in [0.3, 0.4) is 0 Å². The lowest BCUT2D eigenvalue weighted by atomic mass is 10.1. The van der Waals surface area contributed by atoms with Crippen molar-refractivity contribution >= 4 is 17.6 Å². The average molecular weight is 251 g/mol. The fraction of sp³-hybridized carbons (Fsp3) is 0.167. The number of aromatic nitrogens is 2. The summed E-state index contributed by atoms with van der Waals surface area (Å²) < 4.78 is 1.61. The highest BCUT2D eigenvalue weighted by atomic mass is 35.5. The summed E-state index contributed by atoms with van der Waals surface area (Å²) in [5, 5.41) is 9.42. The van der Waals surface area contributed by atoms with E-state index in [0.717, 1.165) is 11.4 Å². The predicted molar refractivity (Wildman–Crippen MR) is 64.1 cm³/mol. The predicted octanol–water partition coefficient (Wildman–Crippen LogP) is 2.21. The van der Waals surface area contributed by atoms with Gasteiger partial charge in [0.1, 0.15) is 12.4 Å². The molecule has 4 nitrogen and oxygen atoms in total. The van der Waals surface area contributed by atoms with E-state index in [-0.39, 0.29) is 6.54 Å². The third-order valence-corrected chi connectivity index (χ3v) is 2.59. The maximum absolute atomic E-state index is 10.7. The Bertz CT molecular complexity index is 537. The smallest absolute Gasteiger partial charge is 0.323 e. The first-order valence-electron chi connectivity index (χ1n) is 5.11. The van der Waals surface area contributed by atoms with Crippen LogP contribution >= 0.6 is 11.6 Å². The van der Waals surface area contributed by atoms with Gasteiger partial charge in [0, 0.05) is 23.8 Å². The maximum atomic E-state index is 10.7. The molecule has 1 aromatic heterocycles. The van der Waals surface area contributed by atoms with Gasteiger partial charge in [-0.3, -0.25) is 4.79 Å². The van der Waals surface area contributed by atoms with Crippen LogP contribution in [0.5, 0.6) is 0 Å². The van der Waals surface area contributed by atoms with E-state index < -0.39 is 5.97 Å². The topological polar surface area (TPSA) is 55.1 Å². The van der Waals surface area contributed by atoms with Crippen molar-refractivity contribution in [1.29, 1.82) is 0 Å². The Morgan fingerprint density at radius 1 is 1.47 bits per heavy atom. The van der Waals surface area contributed by atoms with Gasteiger partial charge in [0.15, 0.2) is 0 Å². The minimum absolute atomic E-state index is 0.0735. The molecule has 1 heterocycles. The molecule has 0 aliphatic heterocycles. The lowest BCUT2D eigenvalue weighted by Gasteiger charge is -2.05. The number of rotatable bonds is 4. The van der Waals surface area contributed by atoms with E-state index >= 15 is 0 Å². The molecule has 0 amide bonds. The molecule has 0 atom stereocenters. The zero-order valence-electron chi connectivity index (χ0n) is 9.01. The summed E-state index contributed by atoms with van der Waals surface area (Å²) in [4.78, 5) is 14.8. The first-order chi connectivity index (χ1) is 8.15. The summed E-state index contributed by atoms with van der Waals surface area (Å²) in [5.41, 5.74) is 1.01. The molecule has 0 fully saturated rings. The zero-order valence-corrected chi connectivity index (χ0v) is 9.76. The van der Waals surface area contributed by atoms with Crippen molar-refractivity contribution in [1.82, 2.24) is 9.55 Å². The number of carboxylic acid groups (broad SMARTS) is 1. The summed E-state index contributed by atoms with van der Waals surface area (Å²) in [6.45, 7) is -0.0735. The molecule has 1 aromatic carbocycles.